The van der Waals surface area contributed by atoms with Crippen molar-refractivity contribution in [3.63, 3.8) is 0 Å². The molecule has 0 N–H and O–H groups in total. The summed E-state index contributed by atoms with van der Waals surface area (Å²) in [5, 5.41) is 4.25. The van der Waals surface area contributed by atoms with Gasteiger partial charge in [0.05, 0.1) is 5.69 Å². The fourth-order valence-electron chi connectivity index (χ4n) is 1.57. The van der Waals surface area contributed by atoms with Crippen LogP contribution in [0.1, 0.15) is 33.3 Å². The monoisotopic (exact) mass is 228 g/mol. The summed E-state index contributed by atoms with van der Waals surface area (Å²) in [6, 6.07) is 10.2. The third-order valence-corrected chi connectivity index (χ3v) is 2.51. The van der Waals surface area contributed by atoms with Crippen LogP contribution in [-0.4, -0.2) is 9.78 Å². The highest BCUT2D eigenvalue weighted by Gasteiger charge is 2.04. The summed E-state index contributed by atoms with van der Waals surface area (Å²) in [5.74, 6) is 0. The molecule has 0 amide bonds. The first-order valence-electron chi connectivity index (χ1n) is 6.05. The number of allylic oxidation sites excluding steroid dienone is 2. The summed E-state index contributed by atoms with van der Waals surface area (Å²) in [7, 11) is 0. The second kappa shape index (κ2) is 6.69. The lowest BCUT2D eigenvalue weighted by Crippen LogP contribution is -1.98. The molecule has 0 spiro atoms. The molecular formula is C15H20N2. The Bertz CT molecular complexity index is 467. The molecule has 1 aromatic carbocycles. The zero-order chi connectivity index (χ0) is 12.7. The normalized spacial score (nSPS) is 10.7. The van der Waals surface area contributed by atoms with Gasteiger partial charge in [-0.1, -0.05) is 38.1 Å². The Kier molecular flexibility index (Phi) is 5.21. The van der Waals surface area contributed by atoms with Gasteiger partial charge in [-0.3, -0.25) is 0 Å². The van der Waals surface area contributed by atoms with Crippen LogP contribution in [0.25, 0.3) is 11.3 Å². The Morgan fingerprint density at radius 2 is 1.88 bits per heavy atom. The molecule has 2 nitrogen and oxygen atoms in total. The van der Waals surface area contributed by atoms with E-state index in [2.05, 4.69) is 43.2 Å². The zero-order valence-corrected chi connectivity index (χ0v) is 11.0. The van der Waals surface area contributed by atoms with E-state index < -0.39 is 0 Å². The average Bonchev–Trinajstić information content (AvgIpc) is 2.94. The minimum absolute atomic E-state index is 1.12. The van der Waals surface area contributed by atoms with Crippen LogP contribution in [0.4, 0.5) is 0 Å². The molecule has 1 aromatic heterocycles. The van der Waals surface area contributed by atoms with Gasteiger partial charge < -0.3 is 0 Å². The molecule has 0 bridgehead atoms. The fraction of sp³-hybridized carbons (Fsp3) is 0.267. The summed E-state index contributed by atoms with van der Waals surface area (Å²) in [6.45, 7) is 8.16. The topological polar surface area (TPSA) is 17.8 Å². The first-order valence-corrected chi connectivity index (χ1v) is 6.05. The number of hydrogen-bond donors (Lipinski definition) is 0. The van der Waals surface area contributed by atoms with Crippen LogP contribution in [0.2, 0.25) is 0 Å². The summed E-state index contributed by atoms with van der Waals surface area (Å²) in [4.78, 5) is 0. The van der Waals surface area contributed by atoms with Gasteiger partial charge in [0.1, 0.15) is 0 Å². The Hall–Kier alpha value is -1.83. The Balaban J connectivity index is 0.000000686. The van der Waals surface area contributed by atoms with Gasteiger partial charge in [0.2, 0.25) is 0 Å². The van der Waals surface area contributed by atoms with E-state index in [1.165, 1.54) is 11.1 Å². The van der Waals surface area contributed by atoms with Crippen molar-refractivity contribution < 1.29 is 0 Å². The first kappa shape index (κ1) is 13.2. The Labute approximate surface area is 104 Å². The van der Waals surface area contributed by atoms with Crippen LogP contribution in [0.15, 0.2) is 48.8 Å². The molecule has 0 aliphatic carbocycles. The predicted molar refractivity (Wildman–Crippen MR) is 74.2 cm³/mol. The number of hydrogen-bond acceptors (Lipinski definition) is 1. The second-order valence-corrected chi connectivity index (χ2v) is 3.44. The van der Waals surface area contributed by atoms with Gasteiger partial charge >= 0.3 is 0 Å². The van der Waals surface area contributed by atoms with Crippen molar-refractivity contribution in [2.24, 2.45) is 0 Å². The molecule has 0 saturated heterocycles. The molecule has 0 fully saturated rings. The highest BCUT2D eigenvalue weighted by molar-refractivity contribution is 5.70. The van der Waals surface area contributed by atoms with Gasteiger partial charge in [-0.15, -0.1) is 0 Å². The molecule has 0 saturated carbocycles. The van der Waals surface area contributed by atoms with E-state index in [1.54, 1.807) is 6.20 Å². The quantitative estimate of drug-likeness (QED) is 0.748. The molecule has 0 aliphatic rings. The summed E-state index contributed by atoms with van der Waals surface area (Å²) in [5.41, 5.74) is 3.61. The Morgan fingerprint density at radius 1 is 1.18 bits per heavy atom. The van der Waals surface area contributed by atoms with E-state index in [1.807, 2.05) is 36.9 Å². The maximum atomic E-state index is 4.25. The van der Waals surface area contributed by atoms with E-state index >= 15 is 0 Å². The summed E-state index contributed by atoms with van der Waals surface area (Å²) >= 11 is 0. The molecule has 90 valence electrons. The van der Waals surface area contributed by atoms with Crippen molar-refractivity contribution in [3.8, 4) is 5.69 Å². The fourth-order valence-corrected chi connectivity index (χ4v) is 1.57. The number of nitrogens with zero attached hydrogens (tertiary/aromatic N) is 2. The highest BCUT2D eigenvalue weighted by atomic mass is 15.3. The molecular weight excluding hydrogens is 208 g/mol. The van der Waals surface area contributed by atoms with Crippen LogP contribution in [-0.2, 0) is 0 Å². The predicted octanol–water partition coefficient (Wildman–Crippen LogP) is 4.32. The molecule has 2 rings (SSSR count). The summed E-state index contributed by atoms with van der Waals surface area (Å²) in [6.07, 6.45) is 5.87. The third-order valence-electron chi connectivity index (χ3n) is 2.51. The molecule has 0 atom stereocenters. The van der Waals surface area contributed by atoms with Gasteiger partial charge in [0, 0.05) is 18.0 Å². The van der Waals surface area contributed by atoms with Crippen LogP contribution in [0, 0.1) is 0 Å². The molecule has 0 unspecified atom stereocenters. The minimum Gasteiger partial charge on any atom is -0.240 e. The lowest BCUT2D eigenvalue weighted by molar-refractivity contribution is 0.877. The third kappa shape index (κ3) is 3.06. The molecule has 0 aliphatic heterocycles. The van der Waals surface area contributed by atoms with E-state index in [0.29, 0.717) is 0 Å². The van der Waals surface area contributed by atoms with Gasteiger partial charge in [-0.2, -0.15) is 5.10 Å². The average molecular weight is 228 g/mol. The van der Waals surface area contributed by atoms with Crippen molar-refractivity contribution in [3.05, 3.63) is 54.4 Å². The lowest BCUT2D eigenvalue weighted by Gasteiger charge is -2.09. The van der Waals surface area contributed by atoms with E-state index in [4.69, 9.17) is 0 Å². The SMILES string of the molecule is CC.CC=C(C)c1ccccc1-n1cccn1. The minimum atomic E-state index is 1.12. The number of rotatable bonds is 2. The lowest BCUT2D eigenvalue weighted by atomic mass is 10.1. The van der Waals surface area contributed by atoms with Crippen molar-refractivity contribution in [1.29, 1.82) is 0 Å². The van der Waals surface area contributed by atoms with Crippen LogP contribution < -0.4 is 0 Å². The largest absolute Gasteiger partial charge is 0.240 e. The summed E-state index contributed by atoms with van der Waals surface area (Å²) < 4.78 is 1.89. The molecule has 1 heterocycles. The zero-order valence-electron chi connectivity index (χ0n) is 11.0. The molecule has 2 heteroatoms. The van der Waals surface area contributed by atoms with E-state index in [-0.39, 0.29) is 0 Å². The number of benzene rings is 1. The van der Waals surface area contributed by atoms with Crippen molar-refractivity contribution in [1.82, 2.24) is 9.78 Å². The molecule has 2 aromatic rings. The smallest absolute Gasteiger partial charge is 0.0720 e. The van der Waals surface area contributed by atoms with Crippen molar-refractivity contribution in [2.45, 2.75) is 27.7 Å². The van der Waals surface area contributed by atoms with Gasteiger partial charge in [0.15, 0.2) is 0 Å². The van der Waals surface area contributed by atoms with Gasteiger partial charge in [-0.25, -0.2) is 4.68 Å². The standard InChI is InChI=1S/C13H14N2.C2H6/c1-3-11(2)12-7-4-5-8-13(12)15-10-6-9-14-15;1-2/h3-10H,1-2H3;1-2H3. The van der Waals surface area contributed by atoms with Gasteiger partial charge in [-0.05, 0) is 31.6 Å². The highest BCUT2D eigenvalue weighted by Crippen LogP contribution is 2.21. The maximum Gasteiger partial charge on any atom is 0.0720 e. The van der Waals surface area contributed by atoms with Crippen LogP contribution in [0.3, 0.4) is 0 Å². The van der Waals surface area contributed by atoms with Gasteiger partial charge in [0.25, 0.3) is 0 Å². The number of para-hydroxylation sites is 1. The maximum absolute atomic E-state index is 4.25. The van der Waals surface area contributed by atoms with Crippen LogP contribution in [0.5, 0.6) is 0 Å². The van der Waals surface area contributed by atoms with Crippen molar-refractivity contribution >= 4 is 5.57 Å². The number of aromatic nitrogens is 2. The van der Waals surface area contributed by atoms with Crippen LogP contribution >= 0.6 is 0 Å². The molecule has 17 heavy (non-hydrogen) atoms. The first-order chi connectivity index (χ1) is 8.33. The van der Waals surface area contributed by atoms with Crippen molar-refractivity contribution in [2.75, 3.05) is 0 Å². The Morgan fingerprint density at radius 3 is 2.47 bits per heavy atom. The second-order valence-electron chi connectivity index (χ2n) is 3.44. The van der Waals surface area contributed by atoms with E-state index in [0.717, 1.165) is 5.69 Å². The van der Waals surface area contributed by atoms with E-state index in [9.17, 15) is 0 Å². The molecule has 0 radical (unpaired) electrons.